The topological polar surface area (TPSA) is 118 Å². The maximum Gasteiger partial charge on any atom is 0.330 e. The summed E-state index contributed by atoms with van der Waals surface area (Å²) in [5, 5.41) is 15.3. The summed E-state index contributed by atoms with van der Waals surface area (Å²) in [6.07, 6.45) is 2.60. The highest BCUT2D eigenvalue weighted by Gasteiger charge is 2.17. The van der Waals surface area contributed by atoms with Crippen molar-refractivity contribution in [1.29, 1.82) is 0 Å². The van der Waals surface area contributed by atoms with Crippen molar-refractivity contribution in [2.24, 2.45) is 0 Å². The molecule has 1 heterocycles. The van der Waals surface area contributed by atoms with Crippen LogP contribution in [0.5, 0.6) is 11.5 Å². The van der Waals surface area contributed by atoms with Gasteiger partial charge in [-0.05, 0) is 29.8 Å². The molecule has 0 amide bonds. The number of aryl methyl sites for hydroxylation is 1. The molecule has 9 heteroatoms. The summed E-state index contributed by atoms with van der Waals surface area (Å²) in [5.74, 6) is 0.687. The standard InChI is InChI=1S/C19H15N3O6/c1-12-20-19(21-28-12)14-4-3-5-15(11-14)27-17-8-6-13(7-9-18(23)26-2)10-16(17)22(24)25/h3-11H,1-2H3. The number of nitrogens with zero attached hydrogens (tertiary/aromatic N) is 3. The molecule has 0 aliphatic heterocycles. The Morgan fingerprint density at radius 3 is 2.75 bits per heavy atom. The predicted octanol–water partition coefficient (Wildman–Crippen LogP) is 3.93. The zero-order valence-corrected chi connectivity index (χ0v) is 15.0. The number of methoxy groups -OCH3 is 1. The van der Waals surface area contributed by atoms with Crippen molar-refractivity contribution in [3.8, 4) is 22.9 Å². The maximum atomic E-state index is 11.4. The molecule has 3 rings (SSSR count). The van der Waals surface area contributed by atoms with Gasteiger partial charge >= 0.3 is 11.7 Å². The van der Waals surface area contributed by atoms with Crippen molar-refractivity contribution in [2.45, 2.75) is 6.92 Å². The highest BCUT2D eigenvalue weighted by atomic mass is 16.6. The van der Waals surface area contributed by atoms with Gasteiger partial charge in [0.25, 0.3) is 0 Å². The van der Waals surface area contributed by atoms with Crippen molar-refractivity contribution in [1.82, 2.24) is 10.1 Å². The Bertz CT molecular complexity index is 1060. The van der Waals surface area contributed by atoms with Crippen LogP contribution in [0.2, 0.25) is 0 Å². The lowest BCUT2D eigenvalue weighted by atomic mass is 10.1. The van der Waals surface area contributed by atoms with E-state index in [0.717, 1.165) is 0 Å². The van der Waals surface area contributed by atoms with Gasteiger partial charge in [0, 0.05) is 24.6 Å². The number of carbonyl (C=O) groups is 1. The van der Waals surface area contributed by atoms with E-state index in [1.165, 1.54) is 31.4 Å². The lowest BCUT2D eigenvalue weighted by Gasteiger charge is -2.08. The van der Waals surface area contributed by atoms with Crippen LogP contribution < -0.4 is 4.74 Å². The molecule has 0 fully saturated rings. The number of ether oxygens (including phenoxy) is 2. The smallest absolute Gasteiger partial charge is 0.330 e. The van der Waals surface area contributed by atoms with Gasteiger partial charge in [0.15, 0.2) is 0 Å². The van der Waals surface area contributed by atoms with E-state index in [0.29, 0.717) is 28.6 Å². The minimum absolute atomic E-state index is 0.0571. The molecule has 0 saturated carbocycles. The average molecular weight is 381 g/mol. The molecule has 0 N–H and O–H groups in total. The van der Waals surface area contributed by atoms with E-state index in [4.69, 9.17) is 9.26 Å². The zero-order chi connectivity index (χ0) is 20.1. The molecular weight excluding hydrogens is 366 g/mol. The number of nitro groups is 1. The van der Waals surface area contributed by atoms with E-state index in [-0.39, 0.29) is 11.4 Å². The summed E-state index contributed by atoms with van der Waals surface area (Å²) in [5.41, 5.74) is 0.864. The molecule has 0 radical (unpaired) electrons. The van der Waals surface area contributed by atoms with Crippen molar-refractivity contribution < 1.29 is 23.7 Å². The van der Waals surface area contributed by atoms with Gasteiger partial charge in [0.05, 0.1) is 12.0 Å². The number of hydrogen-bond donors (Lipinski definition) is 0. The molecule has 0 aliphatic carbocycles. The van der Waals surface area contributed by atoms with E-state index in [9.17, 15) is 14.9 Å². The van der Waals surface area contributed by atoms with Crippen molar-refractivity contribution in [2.75, 3.05) is 7.11 Å². The molecule has 0 aliphatic rings. The first-order valence-electron chi connectivity index (χ1n) is 8.09. The van der Waals surface area contributed by atoms with Gasteiger partial charge in [-0.2, -0.15) is 4.98 Å². The first-order valence-corrected chi connectivity index (χ1v) is 8.09. The molecule has 3 aromatic rings. The number of hydrogen-bond acceptors (Lipinski definition) is 8. The average Bonchev–Trinajstić information content (AvgIpc) is 3.13. The summed E-state index contributed by atoms with van der Waals surface area (Å²) in [6.45, 7) is 1.68. The first-order chi connectivity index (χ1) is 13.5. The molecule has 0 atom stereocenters. The quantitative estimate of drug-likeness (QED) is 0.273. The van der Waals surface area contributed by atoms with Crippen LogP contribution in [-0.4, -0.2) is 28.1 Å². The Balaban J connectivity index is 1.88. The second-order valence-corrected chi connectivity index (χ2v) is 5.61. The van der Waals surface area contributed by atoms with Crippen LogP contribution in [-0.2, 0) is 9.53 Å². The van der Waals surface area contributed by atoms with Gasteiger partial charge in [-0.3, -0.25) is 10.1 Å². The van der Waals surface area contributed by atoms with E-state index in [2.05, 4.69) is 14.9 Å². The number of aromatic nitrogens is 2. The Morgan fingerprint density at radius 2 is 2.07 bits per heavy atom. The highest BCUT2D eigenvalue weighted by Crippen LogP contribution is 2.33. The minimum atomic E-state index is -0.559. The molecule has 0 unspecified atom stereocenters. The molecule has 0 bridgehead atoms. The fraction of sp³-hybridized carbons (Fsp3) is 0.105. The van der Waals surface area contributed by atoms with Gasteiger partial charge in [-0.25, -0.2) is 4.79 Å². The summed E-state index contributed by atoms with van der Waals surface area (Å²) < 4.78 is 15.2. The van der Waals surface area contributed by atoms with Crippen LogP contribution in [0.4, 0.5) is 5.69 Å². The SMILES string of the molecule is COC(=O)C=Cc1ccc(Oc2cccc(-c3noc(C)n3)c2)c([N+](=O)[O-])c1. The molecule has 28 heavy (non-hydrogen) atoms. The molecule has 2 aromatic carbocycles. The van der Waals surface area contributed by atoms with E-state index >= 15 is 0 Å². The molecule has 1 aromatic heterocycles. The first kappa shape index (κ1) is 18.8. The van der Waals surface area contributed by atoms with Gasteiger partial charge in [-0.1, -0.05) is 23.4 Å². The zero-order valence-electron chi connectivity index (χ0n) is 15.0. The summed E-state index contributed by atoms with van der Waals surface area (Å²) in [6, 6.07) is 11.2. The van der Waals surface area contributed by atoms with Crippen molar-refractivity contribution >= 4 is 17.7 Å². The number of esters is 1. The van der Waals surface area contributed by atoms with Crippen molar-refractivity contribution in [3.63, 3.8) is 0 Å². The second kappa shape index (κ2) is 8.12. The normalized spacial score (nSPS) is 10.8. The summed E-state index contributed by atoms with van der Waals surface area (Å²) in [4.78, 5) is 26.2. The molecule has 142 valence electrons. The van der Waals surface area contributed by atoms with Gasteiger partial charge in [0.1, 0.15) is 5.75 Å². The van der Waals surface area contributed by atoms with Gasteiger partial charge in [0.2, 0.25) is 17.5 Å². The van der Waals surface area contributed by atoms with Gasteiger partial charge < -0.3 is 14.0 Å². The van der Waals surface area contributed by atoms with Crippen LogP contribution in [0, 0.1) is 17.0 Å². The summed E-state index contributed by atoms with van der Waals surface area (Å²) >= 11 is 0. The van der Waals surface area contributed by atoms with E-state index in [1.54, 1.807) is 37.3 Å². The van der Waals surface area contributed by atoms with E-state index < -0.39 is 10.9 Å². The Kier molecular flexibility index (Phi) is 5.45. The number of nitro benzene ring substituents is 1. The highest BCUT2D eigenvalue weighted by molar-refractivity contribution is 5.87. The number of rotatable bonds is 6. The van der Waals surface area contributed by atoms with E-state index in [1.807, 2.05) is 0 Å². The van der Waals surface area contributed by atoms with Crippen LogP contribution in [0.3, 0.4) is 0 Å². The minimum Gasteiger partial charge on any atom is -0.466 e. The second-order valence-electron chi connectivity index (χ2n) is 5.61. The Labute approximate surface area is 159 Å². The Hall–Kier alpha value is -4.01. The molecule has 9 nitrogen and oxygen atoms in total. The lowest BCUT2D eigenvalue weighted by Crippen LogP contribution is -1.95. The van der Waals surface area contributed by atoms with Crippen LogP contribution in [0.1, 0.15) is 11.5 Å². The fourth-order valence-electron chi connectivity index (χ4n) is 2.34. The lowest BCUT2D eigenvalue weighted by molar-refractivity contribution is -0.385. The third-order valence-electron chi connectivity index (χ3n) is 3.64. The van der Waals surface area contributed by atoms with Crippen LogP contribution in [0.25, 0.3) is 17.5 Å². The third-order valence-corrected chi connectivity index (χ3v) is 3.64. The summed E-state index contributed by atoms with van der Waals surface area (Å²) in [7, 11) is 1.25. The number of benzene rings is 2. The largest absolute Gasteiger partial charge is 0.466 e. The van der Waals surface area contributed by atoms with Crippen molar-refractivity contribution in [3.05, 3.63) is 70.1 Å². The molecule has 0 spiro atoms. The van der Waals surface area contributed by atoms with Crippen LogP contribution >= 0.6 is 0 Å². The predicted molar refractivity (Wildman–Crippen MR) is 98.7 cm³/mol. The monoisotopic (exact) mass is 381 g/mol. The fourth-order valence-corrected chi connectivity index (χ4v) is 2.34. The Morgan fingerprint density at radius 1 is 1.25 bits per heavy atom. The van der Waals surface area contributed by atoms with Crippen LogP contribution in [0.15, 0.2) is 53.1 Å². The molecular formula is C19H15N3O6. The number of carbonyl (C=O) groups excluding carboxylic acids is 1. The molecule has 0 saturated heterocycles. The maximum absolute atomic E-state index is 11.4. The van der Waals surface area contributed by atoms with Gasteiger partial charge in [-0.15, -0.1) is 0 Å². The third kappa shape index (κ3) is 4.39.